The second kappa shape index (κ2) is 64.7. The summed E-state index contributed by atoms with van der Waals surface area (Å²) in [5.74, 6) is 0.199. The van der Waals surface area contributed by atoms with Crippen LogP contribution in [-0.2, 0) is 65.4 Å². The highest BCUT2D eigenvalue weighted by atomic mass is 31.2. The molecule has 7 atom stereocenters. The van der Waals surface area contributed by atoms with E-state index in [1.807, 2.05) is 0 Å². The van der Waals surface area contributed by atoms with Gasteiger partial charge in [-0.15, -0.1) is 0 Å². The van der Waals surface area contributed by atoms with Gasteiger partial charge < -0.3 is 33.8 Å². The van der Waals surface area contributed by atoms with E-state index in [0.717, 1.165) is 108 Å². The summed E-state index contributed by atoms with van der Waals surface area (Å²) in [6.07, 6.45) is 49.9. The van der Waals surface area contributed by atoms with Crippen LogP contribution in [0, 0.1) is 17.8 Å². The Bertz CT molecular complexity index is 1820. The smallest absolute Gasteiger partial charge is 0.462 e. The zero-order valence-corrected chi connectivity index (χ0v) is 62.5. The van der Waals surface area contributed by atoms with E-state index in [2.05, 4.69) is 48.5 Å². The maximum Gasteiger partial charge on any atom is 0.472 e. The van der Waals surface area contributed by atoms with Crippen molar-refractivity contribution in [1.82, 2.24) is 0 Å². The van der Waals surface area contributed by atoms with E-state index in [1.165, 1.54) is 180 Å². The molecule has 0 rings (SSSR count). The average molecular weight is 1370 g/mol. The van der Waals surface area contributed by atoms with Gasteiger partial charge in [0.05, 0.1) is 26.4 Å². The molecule has 0 aromatic rings. The van der Waals surface area contributed by atoms with Gasteiger partial charge in [0, 0.05) is 25.7 Å². The predicted molar refractivity (Wildman–Crippen MR) is 377 cm³/mol. The second-order valence-electron chi connectivity index (χ2n) is 27.6. The van der Waals surface area contributed by atoms with Gasteiger partial charge in [-0.3, -0.25) is 37.3 Å². The van der Waals surface area contributed by atoms with Crippen molar-refractivity contribution in [2.24, 2.45) is 17.8 Å². The lowest BCUT2D eigenvalue weighted by Gasteiger charge is -2.21. The lowest BCUT2D eigenvalue weighted by atomic mass is 9.99. The minimum absolute atomic E-state index is 0.104. The van der Waals surface area contributed by atoms with Crippen LogP contribution >= 0.6 is 15.6 Å². The summed E-state index contributed by atoms with van der Waals surface area (Å²) < 4.78 is 68.4. The van der Waals surface area contributed by atoms with Crippen molar-refractivity contribution < 1.29 is 80.2 Å². The van der Waals surface area contributed by atoms with Gasteiger partial charge in [-0.25, -0.2) is 9.13 Å². The monoisotopic (exact) mass is 1370 g/mol. The number of ether oxygens (including phenoxy) is 4. The van der Waals surface area contributed by atoms with Gasteiger partial charge >= 0.3 is 39.5 Å². The van der Waals surface area contributed by atoms with Crippen molar-refractivity contribution >= 4 is 39.5 Å². The summed E-state index contributed by atoms with van der Waals surface area (Å²) in [5, 5.41) is 10.6. The molecule has 0 aliphatic heterocycles. The zero-order valence-electron chi connectivity index (χ0n) is 60.7. The fourth-order valence-corrected chi connectivity index (χ4v) is 12.8. The number of rotatable bonds is 72. The van der Waals surface area contributed by atoms with Gasteiger partial charge in [-0.2, -0.15) is 0 Å². The van der Waals surface area contributed by atoms with Crippen LogP contribution < -0.4 is 0 Å². The fourth-order valence-electron chi connectivity index (χ4n) is 11.2. The molecule has 0 amide bonds. The predicted octanol–water partition coefficient (Wildman–Crippen LogP) is 21.4. The fraction of sp³-hybridized carbons (Fsp3) is 0.946. The molecule has 0 aromatic heterocycles. The van der Waals surface area contributed by atoms with E-state index in [0.29, 0.717) is 31.6 Å². The summed E-state index contributed by atoms with van der Waals surface area (Å²) in [6.45, 7) is 11.9. The van der Waals surface area contributed by atoms with Crippen LogP contribution in [0.3, 0.4) is 0 Å². The summed E-state index contributed by atoms with van der Waals surface area (Å²) in [7, 11) is -9.91. The van der Waals surface area contributed by atoms with Gasteiger partial charge in [0.25, 0.3) is 0 Å². The van der Waals surface area contributed by atoms with E-state index >= 15 is 0 Å². The van der Waals surface area contributed by atoms with E-state index in [-0.39, 0.29) is 25.7 Å². The Hall–Kier alpha value is -1.94. The first kappa shape index (κ1) is 91.1. The quantitative estimate of drug-likeness (QED) is 0.0222. The molecule has 0 radical (unpaired) electrons. The highest BCUT2D eigenvalue weighted by Crippen LogP contribution is 2.45. The zero-order chi connectivity index (χ0) is 68.7. The standard InChI is InChI=1S/C74H144O17P2/c1-8-11-12-13-14-15-16-19-23-26-34-41-48-55-71(76)84-61-69(90-73(78)57-50-43-35-27-24-21-18-17-20-22-25-32-39-46-53-66(6)9-2)63-88-92(80,81)86-59-68(75)60-87-93(82,83)89-64-70(62-85-72(77)56-49-42-37-30-31-38-45-52-65(4)5)91-74(79)58-51-44-36-29-28-33-40-47-54-67(7)10-3/h65-70,75H,8-64H2,1-7H3,(H,80,81)(H,82,83)/t66?,67?,68-,69-,70-/m1/s1. The van der Waals surface area contributed by atoms with Crippen molar-refractivity contribution in [3.8, 4) is 0 Å². The molecule has 552 valence electrons. The third kappa shape index (κ3) is 65.8. The lowest BCUT2D eigenvalue weighted by molar-refractivity contribution is -0.161. The molecule has 0 fully saturated rings. The topological polar surface area (TPSA) is 237 Å². The number of unbranched alkanes of at least 4 members (excludes halogenated alkanes) is 38. The first-order valence-corrected chi connectivity index (χ1v) is 41.4. The summed E-state index contributed by atoms with van der Waals surface area (Å²) in [6, 6.07) is 0. The van der Waals surface area contributed by atoms with Crippen LogP contribution in [0.1, 0.15) is 376 Å². The second-order valence-corrected chi connectivity index (χ2v) is 30.6. The number of aliphatic hydroxyl groups excluding tert-OH is 1. The van der Waals surface area contributed by atoms with Crippen molar-refractivity contribution in [2.45, 2.75) is 394 Å². The molecule has 0 bridgehead atoms. The molecule has 17 nitrogen and oxygen atoms in total. The largest absolute Gasteiger partial charge is 0.472 e. The number of carbonyl (C=O) groups is 4. The molecule has 0 aliphatic rings. The highest BCUT2D eigenvalue weighted by molar-refractivity contribution is 7.47. The summed E-state index contributed by atoms with van der Waals surface area (Å²) >= 11 is 0. The van der Waals surface area contributed by atoms with Crippen LogP contribution in [0.15, 0.2) is 0 Å². The van der Waals surface area contributed by atoms with Crippen LogP contribution in [0.5, 0.6) is 0 Å². The number of phosphoric ester groups is 2. The third-order valence-corrected chi connectivity index (χ3v) is 19.8. The van der Waals surface area contributed by atoms with Gasteiger partial charge in [-0.05, 0) is 43.4 Å². The van der Waals surface area contributed by atoms with Crippen LogP contribution in [0.25, 0.3) is 0 Å². The molecule has 3 N–H and O–H groups in total. The number of hydrogen-bond donors (Lipinski definition) is 3. The van der Waals surface area contributed by atoms with Crippen LogP contribution in [0.4, 0.5) is 0 Å². The molecule has 4 unspecified atom stereocenters. The molecule has 0 heterocycles. The molecule has 0 saturated carbocycles. The highest BCUT2D eigenvalue weighted by Gasteiger charge is 2.30. The molecule has 0 aliphatic carbocycles. The normalized spacial score (nSPS) is 14.7. The number of esters is 4. The Kier molecular flexibility index (Phi) is 63.4. The number of aliphatic hydroxyl groups is 1. The van der Waals surface area contributed by atoms with Crippen molar-refractivity contribution in [2.75, 3.05) is 39.6 Å². The molecular formula is C74H144O17P2. The van der Waals surface area contributed by atoms with Gasteiger partial charge in [-0.1, -0.05) is 325 Å². The van der Waals surface area contributed by atoms with Crippen LogP contribution in [-0.4, -0.2) is 96.7 Å². The van der Waals surface area contributed by atoms with Gasteiger partial charge in [0.1, 0.15) is 19.3 Å². The van der Waals surface area contributed by atoms with E-state index in [1.54, 1.807) is 0 Å². The van der Waals surface area contributed by atoms with Crippen molar-refractivity contribution in [3.63, 3.8) is 0 Å². The lowest BCUT2D eigenvalue weighted by Crippen LogP contribution is -2.30. The van der Waals surface area contributed by atoms with E-state index in [9.17, 15) is 43.2 Å². The Morgan fingerprint density at radius 3 is 0.817 bits per heavy atom. The Balaban J connectivity index is 5.25. The molecule has 19 heteroatoms. The molecular weight excluding hydrogens is 1220 g/mol. The maximum absolute atomic E-state index is 13.1. The summed E-state index contributed by atoms with van der Waals surface area (Å²) in [4.78, 5) is 72.7. The molecule has 0 saturated heterocycles. The molecule has 0 aromatic carbocycles. The Morgan fingerprint density at radius 2 is 0.548 bits per heavy atom. The Labute approximate surface area is 568 Å². The SMILES string of the molecule is CCCCCCCCCCCCCCCC(=O)OC[C@H](COP(=O)(O)OC[C@@H](O)COP(=O)(O)OC[C@@H](COC(=O)CCCCCCCCCC(C)C)OC(=O)CCCCCCCCCCC(C)CC)OC(=O)CCCCCCCCCCCCCCCCC(C)CC. The molecule has 0 spiro atoms. The Morgan fingerprint density at radius 1 is 0.312 bits per heavy atom. The number of phosphoric acid groups is 2. The number of hydrogen-bond acceptors (Lipinski definition) is 15. The van der Waals surface area contributed by atoms with Gasteiger partial charge in [0.2, 0.25) is 0 Å². The van der Waals surface area contributed by atoms with Crippen molar-refractivity contribution in [1.29, 1.82) is 0 Å². The van der Waals surface area contributed by atoms with Crippen LogP contribution in [0.2, 0.25) is 0 Å². The molecule has 93 heavy (non-hydrogen) atoms. The first-order chi connectivity index (χ1) is 44.8. The van der Waals surface area contributed by atoms with Gasteiger partial charge in [0.15, 0.2) is 12.2 Å². The summed E-state index contributed by atoms with van der Waals surface area (Å²) in [5.41, 5.74) is 0. The van der Waals surface area contributed by atoms with Crippen molar-refractivity contribution in [3.05, 3.63) is 0 Å². The minimum atomic E-state index is -4.96. The maximum atomic E-state index is 13.1. The first-order valence-electron chi connectivity index (χ1n) is 38.4. The minimum Gasteiger partial charge on any atom is -0.462 e. The van der Waals surface area contributed by atoms with E-state index < -0.39 is 97.5 Å². The third-order valence-electron chi connectivity index (χ3n) is 17.9. The average Bonchev–Trinajstić information content (AvgIpc) is 3.75. The van der Waals surface area contributed by atoms with E-state index in [4.69, 9.17) is 37.0 Å². The number of carbonyl (C=O) groups excluding carboxylic acids is 4.